The van der Waals surface area contributed by atoms with Crippen LogP contribution in [0.4, 0.5) is 0 Å². The van der Waals surface area contributed by atoms with E-state index in [0.29, 0.717) is 25.3 Å². The van der Waals surface area contributed by atoms with Gasteiger partial charge in [-0.3, -0.25) is 9.59 Å². The molecular weight excluding hydrogens is 494 g/mol. The molecule has 38 heavy (non-hydrogen) atoms. The fourth-order valence-electron chi connectivity index (χ4n) is 4.39. The van der Waals surface area contributed by atoms with Crippen LogP contribution in [-0.2, 0) is 22.6 Å². The van der Waals surface area contributed by atoms with Crippen molar-refractivity contribution in [2.24, 2.45) is 0 Å². The van der Waals surface area contributed by atoms with Gasteiger partial charge in [-0.2, -0.15) is 0 Å². The second kappa shape index (κ2) is 13.2. The third kappa shape index (κ3) is 7.19. The van der Waals surface area contributed by atoms with Crippen LogP contribution in [0.15, 0.2) is 90.0 Å². The maximum atomic E-state index is 13.7. The van der Waals surface area contributed by atoms with Crippen LogP contribution < -0.4 is 4.74 Å². The van der Waals surface area contributed by atoms with Crippen LogP contribution in [0.1, 0.15) is 25.0 Å². The van der Waals surface area contributed by atoms with Crippen molar-refractivity contribution >= 4 is 34.5 Å². The summed E-state index contributed by atoms with van der Waals surface area (Å²) in [5.41, 5.74) is 3.27. The highest BCUT2D eigenvalue weighted by molar-refractivity contribution is 8.00. The quantitative estimate of drug-likeness (QED) is 0.236. The number of fused-ring (bicyclic) bond motifs is 1. The lowest BCUT2D eigenvalue weighted by atomic mass is 10.1. The molecule has 2 amide bonds. The number of nitrogens with zero attached hydrogens (tertiary/aromatic N) is 2. The zero-order valence-electron chi connectivity index (χ0n) is 22.2. The standard InChI is InChI=1S/C31H35N3O3S/c1-23(2)34(31(36)22-38-27-9-5-4-6-10-27)21-30(35)33(20-24-13-15-26(37-3)16-14-24)18-17-25-19-32-29-12-8-7-11-28(25)29/h4-16,19,23,32H,17-18,20-22H2,1-3H3. The molecule has 4 rings (SSSR count). The van der Waals surface area contributed by atoms with Gasteiger partial charge in [0.1, 0.15) is 12.3 Å². The molecule has 4 aromatic rings. The first-order chi connectivity index (χ1) is 18.4. The molecule has 0 saturated carbocycles. The summed E-state index contributed by atoms with van der Waals surface area (Å²) in [6, 6.07) is 25.7. The molecule has 0 bridgehead atoms. The van der Waals surface area contributed by atoms with Crippen molar-refractivity contribution in [1.29, 1.82) is 0 Å². The second-order valence-corrected chi connectivity index (χ2v) is 10.5. The van der Waals surface area contributed by atoms with Gasteiger partial charge in [0.05, 0.1) is 12.9 Å². The Hall–Kier alpha value is -3.71. The number of methoxy groups -OCH3 is 1. The number of aromatic nitrogens is 1. The molecule has 3 aromatic carbocycles. The number of nitrogens with one attached hydrogen (secondary N) is 1. The molecule has 7 heteroatoms. The van der Waals surface area contributed by atoms with Crippen molar-refractivity contribution in [2.75, 3.05) is 26.0 Å². The molecule has 0 atom stereocenters. The highest BCUT2D eigenvalue weighted by Crippen LogP contribution is 2.21. The van der Waals surface area contributed by atoms with E-state index in [1.165, 1.54) is 22.7 Å². The first kappa shape index (κ1) is 27.3. The Balaban J connectivity index is 1.47. The minimum absolute atomic E-state index is 0.0387. The van der Waals surface area contributed by atoms with Crippen molar-refractivity contribution in [2.45, 2.75) is 37.8 Å². The van der Waals surface area contributed by atoms with E-state index in [1.54, 1.807) is 12.0 Å². The molecule has 1 heterocycles. The first-order valence-corrected chi connectivity index (χ1v) is 13.9. The Kier molecular flexibility index (Phi) is 9.49. The number of carbonyl (C=O) groups excluding carboxylic acids is 2. The van der Waals surface area contributed by atoms with E-state index in [2.05, 4.69) is 17.1 Å². The minimum atomic E-state index is -0.0840. The molecule has 0 fully saturated rings. The Bertz CT molecular complexity index is 1340. The van der Waals surface area contributed by atoms with Gasteiger partial charge in [0.15, 0.2) is 0 Å². The van der Waals surface area contributed by atoms with E-state index in [-0.39, 0.29) is 24.4 Å². The first-order valence-electron chi connectivity index (χ1n) is 12.9. The monoisotopic (exact) mass is 529 g/mol. The smallest absolute Gasteiger partial charge is 0.242 e. The SMILES string of the molecule is COc1ccc(CN(CCc2c[nH]c3ccccc23)C(=O)CN(C(=O)CSc2ccccc2)C(C)C)cc1. The average molecular weight is 530 g/mol. The highest BCUT2D eigenvalue weighted by Gasteiger charge is 2.24. The van der Waals surface area contributed by atoms with E-state index >= 15 is 0 Å². The number of amides is 2. The van der Waals surface area contributed by atoms with Crippen LogP contribution in [0.5, 0.6) is 5.75 Å². The normalized spacial score (nSPS) is 11.1. The third-order valence-corrected chi connectivity index (χ3v) is 7.56. The van der Waals surface area contributed by atoms with Gasteiger partial charge in [-0.15, -0.1) is 11.8 Å². The number of aromatic amines is 1. The van der Waals surface area contributed by atoms with E-state index in [1.807, 2.05) is 91.7 Å². The molecule has 1 N–H and O–H groups in total. The fourth-order valence-corrected chi connectivity index (χ4v) is 5.19. The predicted molar refractivity (Wildman–Crippen MR) is 154 cm³/mol. The topological polar surface area (TPSA) is 65.6 Å². The molecule has 0 aliphatic rings. The summed E-state index contributed by atoms with van der Waals surface area (Å²) in [6.45, 7) is 4.97. The number of rotatable bonds is 12. The van der Waals surface area contributed by atoms with Crippen molar-refractivity contribution < 1.29 is 14.3 Å². The Morgan fingerprint density at radius 2 is 1.63 bits per heavy atom. The summed E-state index contributed by atoms with van der Waals surface area (Å²) < 4.78 is 5.29. The van der Waals surface area contributed by atoms with Gasteiger partial charge in [0.2, 0.25) is 11.8 Å². The van der Waals surface area contributed by atoms with Crippen LogP contribution in [0.25, 0.3) is 10.9 Å². The van der Waals surface area contributed by atoms with Gasteiger partial charge in [-0.25, -0.2) is 0 Å². The van der Waals surface area contributed by atoms with E-state index in [0.717, 1.165) is 21.7 Å². The lowest BCUT2D eigenvalue weighted by Gasteiger charge is -2.30. The molecule has 1 aromatic heterocycles. The van der Waals surface area contributed by atoms with Crippen molar-refractivity contribution in [3.05, 3.63) is 96.2 Å². The highest BCUT2D eigenvalue weighted by atomic mass is 32.2. The van der Waals surface area contributed by atoms with E-state index in [4.69, 9.17) is 4.74 Å². The summed E-state index contributed by atoms with van der Waals surface area (Å²) in [5.74, 6) is 0.970. The number of ether oxygens (including phenoxy) is 1. The molecule has 198 valence electrons. The minimum Gasteiger partial charge on any atom is -0.497 e. The molecule has 0 aliphatic carbocycles. The number of carbonyl (C=O) groups is 2. The number of H-pyrrole nitrogens is 1. The number of thioether (sulfide) groups is 1. The van der Waals surface area contributed by atoms with Crippen LogP contribution in [0.2, 0.25) is 0 Å². The zero-order valence-corrected chi connectivity index (χ0v) is 23.0. The zero-order chi connectivity index (χ0) is 26.9. The van der Waals surface area contributed by atoms with Crippen molar-refractivity contribution in [3.63, 3.8) is 0 Å². The summed E-state index contributed by atoms with van der Waals surface area (Å²) in [5, 5.41) is 1.17. The molecule has 0 saturated heterocycles. The largest absolute Gasteiger partial charge is 0.497 e. The lowest BCUT2D eigenvalue weighted by Crippen LogP contribution is -2.46. The number of hydrogen-bond donors (Lipinski definition) is 1. The Morgan fingerprint density at radius 3 is 2.34 bits per heavy atom. The number of para-hydroxylation sites is 1. The third-order valence-electron chi connectivity index (χ3n) is 6.57. The van der Waals surface area contributed by atoms with Crippen LogP contribution in [0, 0.1) is 0 Å². The molecule has 0 unspecified atom stereocenters. The Morgan fingerprint density at radius 1 is 0.921 bits per heavy atom. The number of benzene rings is 3. The van der Waals surface area contributed by atoms with Crippen molar-refractivity contribution in [3.8, 4) is 5.75 Å². The maximum absolute atomic E-state index is 13.7. The summed E-state index contributed by atoms with van der Waals surface area (Å²) in [6.07, 6.45) is 2.73. The van der Waals surface area contributed by atoms with Gasteiger partial charge in [-0.1, -0.05) is 48.5 Å². The predicted octanol–water partition coefficient (Wildman–Crippen LogP) is 5.78. The Labute approximate surface area is 229 Å². The fraction of sp³-hybridized carbons (Fsp3) is 0.290. The average Bonchev–Trinajstić information content (AvgIpc) is 3.36. The van der Waals surface area contributed by atoms with Gasteiger partial charge in [0.25, 0.3) is 0 Å². The van der Waals surface area contributed by atoms with Gasteiger partial charge < -0.3 is 19.5 Å². The molecular formula is C31H35N3O3S. The second-order valence-electron chi connectivity index (χ2n) is 9.49. The molecule has 0 spiro atoms. The lowest BCUT2D eigenvalue weighted by molar-refractivity contribution is -0.140. The summed E-state index contributed by atoms with van der Waals surface area (Å²) in [4.78, 5) is 34.7. The van der Waals surface area contributed by atoms with Crippen LogP contribution >= 0.6 is 11.8 Å². The number of hydrogen-bond acceptors (Lipinski definition) is 4. The summed E-state index contributed by atoms with van der Waals surface area (Å²) in [7, 11) is 1.64. The van der Waals surface area contributed by atoms with Gasteiger partial charge >= 0.3 is 0 Å². The molecule has 6 nitrogen and oxygen atoms in total. The van der Waals surface area contributed by atoms with Crippen LogP contribution in [-0.4, -0.2) is 58.6 Å². The van der Waals surface area contributed by atoms with E-state index in [9.17, 15) is 9.59 Å². The van der Waals surface area contributed by atoms with Crippen molar-refractivity contribution in [1.82, 2.24) is 14.8 Å². The summed E-state index contributed by atoms with van der Waals surface area (Å²) >= 11 is 1.49. The molecule has 0 aliphatic heterocycles. The van der Waals surface area contributed by atoms with Crippen LogP contribution in [0.3, 0.4) is 0 Å². The van der Waals surface area contributed by atoms with Gasteiger partial charge in [0, 0.05) is 41.1 Å². The van der Waals surface area contributed by atoms with E-state index < -0.39 is 0 Å². The van der Waals surface area contributed by atoms with Gasteiger partial charge in [-0.05, 0) is 61.7 Å². The molecule has 0 radical (unpaired) electrons. The maximum Gasteiger partial charge on any atom is 0.242 e.